The number of hydrogen-bond donors (Lipinski definition) is 2. The Morgan fingerprint density at radius 3 is 2.56 bits per heavy atom. The molecule has 0 spiro atoms. The first kappa shape index (κ1) is 22.2. The summed E-state index contributed by atoms with van der Waals surface area (Å²) in [6, 6.07) is 9.46. The maximum absolute atomic E-state index is 13.1. The van der Waals surface area contributed by atoms with Crippen LogP contribution in [0.2, 0.25) is 4.34 Å². The van der Waals surface area contributed by atoms with E-state index in [1.165, 1.54) is 28.3 Å². The molecule has 1 aliphatic heterocycles. The number of carbonyl (C=O) groups is 2. The highest BCUT2D eigenvalue weighted by atomic mass is 35.5. The smallest absolute Gasteiger partial charge is 0.273 e. The summed E-state index contributed by atoms with van der Waals surface area (Å²) in [5.41, 5.74) is 0.964. The molecule has 0 aliphatic carbocycles. The number of hydrogen-bond acceptors (Lipinski definition) is 6. The second-order valence-electron chi connectivity index (χ2n) is 7.33. The summed E-state index contributed by atoms with van der Waals surface area (Å²) in [4.78, 5) is 42.0. The minimum atomic E-state index is -0.713. The molecular weight excluding hydrogens is 452 g/mol. The van der Waals surface area contributed by atoms with E-state index in [1.807, 2.05) is 0 Å². The Balaban J connectivity index is 1.49. The molecule has 1 aliphatic rings. The summed E-state index contributed by atoms with van der Waals surface area (Å²) in [6.45, 7) is 1.09. The number of carbonyl (C=O) groups excluding carboxylic acids is 2. The van der Waals surface area contributed by atoms with Gasteiger partial charge >= 0.3 is 0 Å². The lowest BCUT2D eigenvalue weighted by Crippen LogP contribution is -2.49. The Morgan fingerprint density at radius 1 is 1.16 bits per heavy atom. The van der Waals surface area contributed by atoms with Gasteiger partial charge in [-0.3, -0.25) is 23.9 Å². The number of ether oxygens (including phenoxy) is 1. The van der Waals surface area contributed by atoms with Gasteiger partial charge < -0.3 is 15.4 Å². The van der Waals surface area contributed by atoms with Gasteiger partial charge in [0.2, 0.25) is 5.91 Å². The number of nitrogens with zero attached hydrogens (tertiary/aromatic N) is 2. The van der Waals surface area contributed by atoms with Crippen LogP contribution in [0.3, 0.4) is 0 Å². The van der Waals surface area contributed by atoms with Crippen LogP contribution < -0.4 is 16.2 Å². The summed E-state index contributed by atoms with van der Waals surface area (Å²) in [5, 5.41) is 5.75. The molecule has 0 saturated carbocycles. The molecular formula is C22H21ClN4O4S. The molecule has 1 saturated heterocycles. The first-order valence-electron chi connectivity index (χ1n) is 10.1. The molecule has 2 aromatic heterocycles. The zero-order valence-electron chi connectivity index (χ0n) is 17.0. The fourth-order valence-corrected chi connectivity index (χ4v) is 4.53. The number of anilines is 1. The molecule has 2 amide bonds. The van der Waals surface area contributed by atoms with Crippen molar-refractivity contribution in [2.75, 3.05) is 18.5 Å². The molecule has 4 rings (SSSR count). The average Bonchev–Trinajstić information content (AvgIpc) is 3.25. The highest BCUT2D eigenvalue weighted by molar-refractivity contribution is 7.18. The summed E-state index contributed by atoms with van der Waals surface area (Å²) >= 11 is 7.11. The molecule has 10 heteroatoms. The van der Waals surface area contributed by atoms with Gasteiger partial charge in [0.15, 0.2) is 0 Å². The Hall–Kier alpha value is -3.01. The third kappa shape index (κ3) is 5.24. The summed E-state index contributed by atoms with van der Waals surface area (Å²) in [7, 11) is 0. The van der Waals surface area contributed by atoms with E-state index < -0.39 is 6.04 Å². The highest BCUT2D eigenvalue weighted by Crippen LogP contribution is 2.24. The number of rotatable bonds is 6. The molecule has 1 unspecified atom stereocenters. The molecule has 1 atom stereocenters. The zero-order chi connectivity index (χ0) is 22.5. The van der Waals surface area contributed by atoms with Gasteiger partial charge in [0.05, 0.1) is 15.4 Å². The number of benzene rings is 1. The van der Waals surface area contributed by atoms with E-state index in [4.69, 9.17) is 16.3 Å². The van der Waals surface area contributed by atoms with Gasteiger partial charge in [-0.15, -0.1) is 11.3 Å². The third-order valence-corrected chi connectivity index (χ3v) is 6.47. The van der Waals surface area contributed by atoms with E-state index in [0.29, 0.717) is 46.6 Å². The van der Waals surface area contributed by atoms with Crippen molar-refractivity contribution in [1.29, 1.82) is 0 Å². The number of thiophene rings is 1. The van der Waals surface area contributed by atoms with Crippen molar-refractivity contribution in [1.82, 2.24) is 14.9 Å². The monoisotopic (exact) mass is 472 g/mol. The highest BCUT2D eigenvalue weighted by Gasteiger charge is 2.32. The first-order valence-corrected chi connectivity index (χ1v) is 11.3. The second kappa shape index (κ2) is 10.1. The molecule has 0 radical (unpaired) electrons. The van der Waals surface area contributed by atoms with Crippen molar-refractivity contribution in [2.45, 2.75) is 18.9 Å². The van der Waals surface area contributed by atoms with E-state index in [0.717, 1.165) is 0 Å². The summed E-state index contributed by atoms with van der Waals surface area (Å²) in [6.07, 6.45) is 5.68. The fraction of sp³-hybridized carbons (Fsp3) is 0.273. The van der Waals surface area contributed by atoms with E-state index in [-0.39, 0.29) is 23.3 Å². The van der Waals surface area contributed by atoms with Gasteiger partial charge in [-0.1, -0.05) is 11.6 Å². The van der Waals surface area contributed by atoms with Gasteiger partial charge in [0, 0.05) is 37.0 Å². The normalized spacial score (nSPS) is 15.2. The Labute approximate surface area is 193 Å². The lowest BCUT2D eigenvalue weighted by atomic mass is 9.91. The molecule has 3 heterocycles. The zero-order valence-corrected chi connectivity index (χ0v) is 18.6. The van der Waals surface area contributed by atoms with Crippen LogP contribution in [0, 0.1) is 5.92 Å². The standard InChI is InChI=1S/C22H21ClN4O4S/c23-18-6-5-17(32-18)21(29)26-20(14-7-11-31-12-8-14)22(30)25-15-1-3-16(4-2-15)27-10-9-24-13-19(27)28/h1-6,9-10,13-14,20H,7-8,11-12H2,(H,25,30)(H,26,29). The Kier molecular flexibility index (Phi) is 6.99. The Morgan fingerprint density at radius 2 is 1.91 bits per heavy atom. The van der Waals surface area contributed by atoms with E-state index in [2.05, 4.69) is 15.6 Å². The van der Waals surface area contributed by atoms with Gasteiger partial charge in [-0.05, 0) is 55.2 Å². The quantitative estimate of drug-likeness (QED) is 0.574. The van der Waals surface area contributed by atoms with Gasteiger partial charge in [0.25, 0.3) is 11.5 Å². The van der Waals surface area contributed by atoms with Crippen LogP contribution in [0.4, 0.5) is 5.69 Å². The van der Waals surface area contributed by atoms with Crippen LogP contribution in [0.5, 0.6) is 0 Å². The van der Waals surface area contributed by atoms with Gasteiger partial charge in [0.1, 0.15) is 6.04 Å². The number of halogens is 1. The molecule has 32 heavy (non-hydrogen) atoms. The van der Waals surface area contributed by atoms with Crippen molar-refractivity contribution in [3.8, 4) is 5.69 Å². The van der Waals surface area contributed by atoms with E-state index in [9.17, 15) is 14.4 Å². The summed E-state index contributed by atoms with van der Waals surface area (Å²) in [5.74, 6) is -0.680. The minimum absolute atomic E-state index is 0.0437. The SMILES string of the molecule is O=C(NC(C(=O)Nc1ccc(-n2ccncc2=O)cc1)C1CCOCC1)c1ccc(Cl)s1. The molecule has 1 fully saturated rings. The van der Waals surface area contributed by atoms with Gasteiger partial charge in [-0.25, -0.2) is 0 Å². The average molecular weight is 473 g/mol. The Bertz CT molecular complexity index is 1150. The first-order chi connectivity index (χ1) is 15.5. The van der Waals surface area contributed by atoms with Crippen LogP contribution in [-0.4, -0.2) is 40.6 Å². The predicted molar refractivity (Wildman–Crippen MR) is 123 cm³/mol. The van der Waals surface area contributed by atoms with Crippen LogP contribution in [0.25, 0.3) is 5.69 Å². The van der Waals surface area contributed by atoms with E-state index in [1.54, 1.807) is 42.6 Å². The van der Waals surface area contributed by atoms with Crippen molar-refractivity contribution in [2.24, 2.45) is 5.92 Å². The van der Waals surface area contributed by atoms with Crippen LogP contribution in [0.1, 0.15) is 22.5 Å². The predicted octanol–water partition coefficient (Wildman–Crippen LogP) is 3.11. The summed E-state index contributed by atoms with van der Waals surface area (Å²) < 4.78 is 7.38. The second-order valence-corrected chi connectivity index (χ2v) is 9.04. The molecule has 0 bridgehead atoms. The van der Waals surface area contributed by atoms with Gasteiger partial charge in [-0.2, -0.15) is 0 Å². The minimum Gasteiger partial charge on any atom is -0.381 e. The number of nitrogens with one attached hydrogen (secondary N) is 2. The van der Waals surface area contributed by atoms with Crippen LogP contribution >= 0.6 is 22.9 Å². The van der Waals surface area contributed by atoms with Crippen molar-refractivity contribution in [3.05, 3.63) is 74.6 Å². The molecule has 1 aromatic carbocycles. The fourth-order valence-electron chi connectivity index (χ4n) is 3.58. The van der Waals surface area contributed by atoms with Crippen LogP contribution in [-0.2, 0) is 9.53 Å². The van der Waals surface area contributed by atoms with Crippen molar-refractivity contribution < 1.29 is 14.3 Å². The maximum Gasteiger partial charge on any atom is 0.273 e. The topological polar surface area (TPSA) is 102 Å². The van der Waals surface area contributed by atoms with Crippen molar-refractivity contribution >= 4 is 40.4 Å². The van der Waals surface area contributed by atoms with Crippen LogP contribution in [0.15, 0.2) is 59.8 Å². The lowest BCUT2D eigenvalue weighted by molar-refractivity contribution is -0.120. The molecule has 166 valence electrons. The lowest BCUT2D eigenvalue weighted by Gasteiger charge is -2.30. The molecule has 2 N–H and O–H groups in total. The molecule has 8 nitrogen and oxygen atoms in total. The number of amides is 2. The number of aromatic nitrogens is 2. The largest absolute Gasteiger partial charge is 0.381 e. The maximum atomic E-state index is 13.1. The molecule has 3 aromatic rings. The third-order valence-electron chi connectivity index (χ3n) is 5.24. The van der Waals surface area contributed by atoms with E-state index >= 15 is 0 Å². The van der Waals surface area contributed by atoms with Crippen molar-refractivity contribution in [3.63, 3.8) is 0 Å².